The molecule has 2 rings (SSSR count). The number of hydrogen-bond acceptors (Lipinski definition) is 2. The van der Waals surface area contributed by atoms with E-state index in [1.54, 1.807) is 12.1 Å². The minimum Gasteiger partial charge on any atom is -0.314 e. The molecule has 100 valence electrons. The molecule has 18 heavy (non-hydrogen) atoms. The van der Waals surface area contributed by atoms with Crippen molar-refractivity contribution in [3.63, 3.8) is 0 Å². The quantitative estimate of drug-likeness (QED) is 0.910. The highest BCUT2D eigenvalue weighted by atomic mass is 32.2. The van der Waals surface area contributed by atoms with Crippen LogP contribution in [0.4, 0.5) is 4.39 Å². The van der Waals surface area contributed by atoms with E-state index in [-0.39, 0.29) is 11.1 Å². The van der Waals surface area contributed by atoms with Crippen molar-refractivity contribution in [3.05, 3.63) is 30.1 Å². The second-order valence-corrected chi connectivity index (χ2v) is 6.53. The zero-order valence-corrected chi connectivity index (χ0v) is 11.5. The van der Waals surface area contributed by atoms with Gasteiger partial charge in [0.25, 0.3) is 0 Å². The molecule has 3 unspecified atom stereocenters. The van der Waals surface area contributed by atoms with Crippen LogP contribution in [0.15, 0.2) is 29.2 Å². The Bertz CT molecular complexity index is 422. The van der Waals surface area contributed by atoms with Crippen molar-refractivity contribution < 1.29 is 8.60 Å². The summed E-state index contributed by atoms with van der Waals surface area (Å²) in [5, 5.41) is 3.58. The summed E-state index contributed by atoms with van der Waals surface area (Å²) in [6.07, 6.45) is 4.16. The van der Waals surface area contributed by atoms with E-state index in [9.17, 15) is 8.60 Å². The molecule has 3 atom stereocenters. The lowest BCUT2D eigenvalue weighted by atomic mass is 9.95. The molecule has 1 aliphatic rings. The Morgan fingerprint density at radius 1 is 1.44 bits per heavy atom. The van der Waals surface area contributed by atoms with Gasteiger partial charge in [0, 0.05) is 16.2 Å². The number of benzene rings is 1. The van der Waals surface area contributed by atoms with Crippen LogP contribution in [0.2, 0.25) is 0 Å². The third-order valence-electron chi connectivity index (χ3n) is 3.45. The maximum atomic E-state index is 13.1. The Kier molecular flexibility index (Phi) is 4.89. The molecule has 1 fully saturated rings. The Morgan fingerprint density at radius 3 is 3.00 bits per heavy atom. The van der Waals surface area contributed by atoms with Crippen LogP contribution < -0.4 is 5.32 Å². The SMILES string of the molecule is CCNC1CCCC(S(=O)c2cccc(F)c2)C1. The number of rotatable bonds is 4. The first-order chi connectivity index (χ1) is 8.70. The van der Waals surface area contributed by atoms with Gasteiger partial charge in [0.15, 0.2) is 0 Å². The minimum atomic E-state index is -1.08. The summed E-state index contributed by atoms with van der Waals surface area (Å²) >= 11 is 0. The number of hydrogen-bond donors (Lipinski definition) is 1. The first-order valence-corrected chi connectivity index (χ1v) is 7.81. The van der Waals surface area contributed by atoms with Gasteiger partial charge in [-0.3, -0.25) is 4.21 Å². The molecule has 1 aromatic carbocycles. The number of nitrogens with one attached hydrogen (secondary N) is 1. The average molecular weight is 269 g/mol. The second kappa shape index (κ2) is 6.43. The van der Waals surface area contributed by atoms with Crippen molar-refractivity contribution in [1.82, 2.24) is 5.32 Å². The molecule has 0 spiro atoms. The monoisotopic (exact) mass is 269 g/mol. The lowest BCUT2D eigenvalue weighted by Gasteiger charge is -2.29. The predicted molar refractivity (Wildman–Crippen MR) is 72.5 cm³/mol. The molecule has 0 radical (unpaired) electrons. The Morgan fingerprint density at radius 2 is 2.28 bits per heavy atom. The summed E-state index contributed by atoms with van der Waals surface area (Å²) in [6, 6.07) is 6.64. The van der Waals surface area contributed by atoms with Crippen molar-refractivity contribution in [2.75, 3.05) is 6.54 Å². The van der Waals surface area contributed by atoms with Crippen LogP contribution >= 0.6 is 0 Å². The van der Waals surface area contributed by atoms with Crippen LogP contribution in [-0.2, 0) is 10.8 Å². The van der Waals surface area contributed by atoms with Crippen LogP contribution in [0.25, 0.3) is 0 Å². The summed E-state index contributed by atoms with van der Waals surface area (Å²) in [5.74, 6) is -0.306. The molecule has 0 saturated heterocycles. The molecule has 1 aromatic rings. The second-order valence-electron chi connectivity index (χ2n) is 4.80. The first kappa shape index (κ1) is 13.7. The average Bonchev–Trinajstić information content (AvgIpc) is 2.39. The summed E-state index contributed by atoms with van der Waals surface area (Å²) in [6.45, 7) is 3.04. The zero-order chi connectivity index (χ0) is 13.0. The highest BCUT2D eigenvalue weighted by Gasteiger charge is 2.26. The molecule has 0 aromatic heterocycles. The minimum absolute atomic E-state index is 0.157. The highest BCUT2D eigenvalue weighted by molar-refractivity contribution is 7.85. The molecule has 1 aliphatic carbocycles. The normalized spacial score (nSPS) is 25.9. The largest absolute Gasteiger partial charge is 0.314 e. The highest BCUT2D eigenvalue weighted by Crippen LogP contribution is 2.26. The molecule has 2 nitrogen and oxygen atoms in total. The fraction of sp³-hybridized carbons (Fsp3) is 0.571. The van der Waals surface area contributed by atoms with E-state index in [1.807, 2.05) is 0 Å². The maximum Gasteiger partial charge on any atom is 0.124 e. The van der Waals surface area contributed by atoms with E-state index in [2.05, 4.69) is 12.2 Å². The van der Waals surface area contributed by atoms with Crippen LogP contribution in [0.3, 0.4) is 0 Å². The molecule has 1 saturated carbocycles. The summed E-state index contributed by atoms with van der Waals surface area (Å²) in [5.41, 5.74) is 0. The molecule has 0 amide bonds. The van der Waals surface area contributed by atoms with Gasteiger partial charge in [-0.05, 0) is 44.0 Å². The van der Waals surface area contributed by atoms with Crippen molar-refractivity contribution in [1.29, 1.82) is 0 Å². The molecule has 0 aliphatic heterocycles. The molecule has 0 bridgehead atoms. The van der Waals surface area contributed by atoms with E-state index in [0.717, 1.165) is 32.2 Å². The molecule has 1 N–H and O–H groups in total. The maximum absolute atomic E-state index is 13.1. The topological polar surface area (TPSA) is 29.1 Å². The van der Waals surface area contributed by atoms with Gasteiger partial charge in [-0.1, -0.05) is 19.4 Å². The zero-order valence-electron chi connectivity index (χ0n) is 10.7. The van der Waals surface area contributed by atoms with Gasteiger partial charge in [0.2, 0.25) is 0 Å². The van der Waals surface area contributed by atoms with Crippen LogP contribution in [0.5, 0.6) is 0 Å². The molecular weight excluding hydrogens is 249 g/mol. The van der Waals surface area contributed by atoms with Gasteiger partial charge >= 0.3 is 0 Å². The summed E-state index contributed by atoms with van der Waals surface area (Å²) < 4.78 is 25.6. The van der Waals surface area contributed by atoms with Gasteiger partial charge < -0.3 is 5.32 Å². The van der Waals surface area contributed by atoms with Crippen molar-refractivity contribution in [2.24, 2.45) is 0 Å². The van der Waals surface area contributed by atoms with E-state index in [4.69, 9.17) is 0 Å². The van der Waals surface area contributed by atoms with Gasteiger partial charge in [-0.15, -0.1) is 0 Å². The molecular formula is C14H20FNOS. The van der Waals surface area contributed by atoms with E-state index >= 15 is 0 Å². The molecule has 0 heterocycles. The van der Waals surface area contributed by atoms with Crippen molar-refractivity contribution >= 4 is 10.8 Å². The van der Waals surface area contributed by atoms with Gasteiger partial charge in [-0.2, -0.15) is 0 Å². The molecule has 4 heteroatoms. The first-order valence-electron chi connectivity index (χ1n) is 6.60. The summed E-state index contributed by atoms with van der Waals surface area (Å²) in [4.78, 5) is 0.622. The predicted octanol–water partition coefficient (Wildman–Crippen LogP) is 2.85. The van der Waals surface area contributed by atoms with Crippen LogP contribution in [0, 0.1) is 5.82 Å². The smallest absolute Gasteiger partial charge is 0.124 e. The Labute approximate surface area is 110 Å². The third kappa shape index (κ3) is 3.39. The lowest BCUT2D eigenvalue weighted by Crippen LogP contribution is -2.37. The lowest BCUT2D eigenvalue weighted by molar-refractivity contribution is 0.383. The Balaban J connectivity index is 2.04. The van der Waals surface area contributed by atoms with E-state index in [0.29, 0.717) is 10.9 Å². The number of halogens is 1. The van der Waals surface area contributed by atoms with Gasteiger partial charge in [0.05, 0.1) is 10.8 Å². The van der Waals surface area contributed by atoms with Gasteiger partial charge in [-0.25, -0.2) is 4.39 Å². The van der Waals surface area contributed by atoms with Crippen molar-refractivity contribution in [3.8, 4) is 0 Å². The fourth-order valence-electron chi connectivity index (χ4n) is 2.60. The van der Waals surface area contributed by atoms with Crippen LogP contribution in [0.1, 0.15) is 32.6 Å². The van der Waals surface area contributed by atoms with E-state index < -0.39 is 10.8 Å². The summed E-state index contributed by atoms with van der Waals surface area (Å²) in [7, 11) is -1.08. The Hall–Kier alpha value is -0.740. The third-order valence-corrected chi connectivity index (χ3v) is 5.20. The van der Waals surface area contributed by atoms with Crippen LogP contribution in [-0.4, -0.2) is 22.0 Å². The van der Waals surface area contributed by atoms with E-state index in [1.165, 1.54) is 12.1 Å². The fourth-order valence-corrected chi connectivity index (χ4v) is 4.21. The van der Waals surface area contributed by atoms with Gasteiger partial charge in [0.1, 0.15) is 5.82 Å². The van der Waals surface area contributed by atoms with Crippen molar-refractivity contribution in [2.45, 2.75) is 48.8 Å². The standard InChI is InChI=1S/C14H20FNOS/c1-2-16-12-6-4-8-14(10-12)18(17)13-7-3-5-11(15)9-13/h3,5,7,9,12,14,16H,2,4,6,8,10H2,1H3.